The number of hydrogen-bond acceptors (Lipinski definition) is 7. The van der Waals surface area contributed by atoms with Crippen molar-refractivity contribution in [1.29, 1.82) is 0 Å². The molecule has 4 aromatic rings. The average Bonchev–Trinajstić information content (AvgIpc) is 3.26. The number of thiazole rings is 1. The zero-order valence-corrected chi connectivity index (χ0v) is 17.3. The van der Waals surface area contributed by atoms with E-state index in [9.17, 15) is 4.79 Å². The number of nitrogens with one attached hydrogen (secondary N) is 1. The van der Waals surface area contributed by atoms with Gasteiger partial charge in [-0.2, -0.15) is 0 Å². The third-order valence-electron chi connectivity index (χ3n) is 3.71. The van der Waals surface area contributed by atoms with Gasteiger partial charge in [-0.25, -0.2) is 4.98 Å². The molecule has 0 bridgehead atoms. The van der Waals surface area contributed by atoms with Gasteiger partial charge in [-0.3, -0.25) is 4.79 Å². The zero-order chi connectivity index (χ0) is 18.8. The number of carbonyl (C=O) groups excluding carboxylic acids is 1. The highest BCUT2D eigenvalue weighted by atomic mass is 79.9. The normalized spacial score (nSPS) is 11.0. The Labute approximate surface area is 171 Å². The summed E-state index contributed by atoms with van der Waals surface area (Å²) in [6.07, 6.45) is 0. The van der Waals surface area contributed by atoms with Gasteiger partial charge in [0.25, 0.3) is 5.22 Å². The maximum Gasteiger partial charge on any atom is 0.277 e. The molecule has 0 radical (unpaired) electrons. The second kappa shape index (κ2) is 7.79. The molecule has 4 rings (SSSR count). The van der Waals surface area contributed by atoms with Crippen LogP contribution in [0.2, 0.25) is 0 Å². The molecule has 0 aliphatic rings. The van der Waals surface area contributed by atoms with Crippen LogP contribution in [0.15, 0.2) is 56.6 Å². The zero-order valence-electron chi connectivity index (χ0n) is 14.1. The number of halogens is 1. The van der Waals surface area contributed by atoms with Crippen LogP contribution in [0.4, 0.5) is 5.13 Å². The molecule has 2 heterocycles. The minimum Gasteiger partial charge on any atom is -0.411 e. The van der Waals surface area contributed by atoms with Gasteiger partial charge in [0.15, 0.2) is 5.13 Å². The van der Waals surface area contributed by atoms with E-state index in [0.717, 1.165) is 25.8 Å². The van der Waals surface area contributed by atoms with E-state index >= 15 is 0 Å². The predicted molar refractivity (Wildman–Crippen MR) is 111 cm³/mol. The Morgan fingerprint density at radius 1 is 1.26 bits per heavy atom. The van der Waals surface area contributed by atoms with Gasteiger partial charge in [-0.15, -0.1) is 10.2 Å². The lowest BCUT2D eigenvalue weighted by atomic mass is 10.1. The molecule has 1 N–H and O–H groups in total. The van der Waals surface area contributed by atoms with Crippen LogP contribution in [-0.4, -0.2) is 26.8 Å². The van der Waals surface area contributed by atoms with Crippen LogP contribution in [0, 0.1) is 6.92 Å². The van der Waals surface area contributed by atoms with Crippen LogP contribution < -0.4 is 5.32 Å². The first kappa shape index (κ1) is 18.1. The molecule has 136 valence electrons. The molecule has 0 spiro atoms. The van der Waals surface area contributed by atoms with E-state index in [1.54, 1.807) is 0 Å². The number of hydrogen-bond donors (Lipinski definition) is 1. The van der Waals surface area contributed by atoms with Gasteiger partial charge < -0.3 is 9.73 Å². The summed E-state index contributed by atoms with van der Waals surface area (Å²) in [4.78, 5) is 16.6. The molecule has 0 atom stereocenters. The molecular weight excluding hydrogens is 448 g/mol. The molecular formula is C18H13BrN4O2S2. The van der Waals surface area contributed by atoms with Crippen LogP contribution in [0.25, 0.3) is 21.7 Å². The van der Waals surface area contributed by atoms with E-state index in [-0.39, 0.29) is 11.7 Å². The van der Waals surface area contributed by atoms with Crippen LogP contribution in [-0.2, 0) is 4.79 Å². The second-order valence-electron chi connectivity index (χ2n) is 5.66. The van der Waals surface area contributed by atoms with E-state index in [1.807, 2.05) is 49.4 Å². The first-order chi connectivity index (χ1) is 13.1. The van der Waals surface area contributed by atoms with Crippen LogP contribution >= 0.6 is 39.0 Å². The summed E-state index contributed by atoms with van der Waals surface area (Å²) < 4.78 is 7.64. The van der Waals surface area contributed by atoms with Crippen molar-refractivity contribution < 1.29 is 9.21 Å². The number of amides is 1. The fourth-order valence-electron chi connectivity index (χ4n) is 2.42. The van der Waals surface area contributed by atoms with E-state index in [4.69, 9.17) is 4.42 Å². The van der Waals surface area contributed by atoms with Gasteiger partial charge in [-0.1, -0.05) is 57.2 Å². The number of fused-ring (bicyclic) bond motifs is 1. The van der Waals surface area contributed by atoms with Crippen molar-refractivity contribution in [2.75, 3.05) is 11.1 Å². The number of carbonyl (C=O) groups is 1. The topological polar surface area (TPSA) is 80.9 Å². The van der Waals surface area contributed by atoms with Crippen molar-refractivity contribution in [2.24, 2.45) is 0 Å². The minimum atomic E-state index is -0.172. The monoisotopic (exact) mass is 460 g/mol. The predicted octanol–water partition coefficient (Wildman–Crippen LogP) is 5.15. The summed E-state index contributed by atoms with van der Waals surface area (Å²) in [7, 11) is 0. The van der Waals surface area contributed by atoms with Crippen LogP contribution in [0.1, 0.15) is 5.56 Å². The standard InChI is InChI=1S/C18H13BrN4O2S2/c1-10-4-2-3-5-12(10)16-22-23-18(25-16)26-9-15(24)21-17-20-13-7-6-11(19)8-14(13)27-17/h2-8H,9H2,1H3,(H,20,21,24). The largest absolute Gasteiger partial charge is 0.411 e. The molecule has 9 heteroatoms. The summed E-state index contributed by atoms with van der Waals surface area (Å²) in [5.41, 5.74) is 2.80. The third-order valence-corrected chi connectivity index (χ3v) is 5.95. The number of nitrogens with zero attached hydrogens (tertiary/aromatic N) is 3. The lowest BCUT2D eigenvalue weighted by Crippen LogP contribution is -2.13. The smallest absolute Gasteiger partial charge is 0.277 e. The first-order valence-electron chi connectivity index (χ1n) is 7.97. The fourth-order valence-corrected chi connectivity index (χ4v) is 4.42. The van der Waals surface area contributed by atoms with E-state index in [0.29, 0.717) is 16.2 Å². The molecule has 0 aliphatic carbocycles. The quantitative estimate of drug-likeness (QED) is 0.414. The molecule has 1 amide bonds. The minimum absolute atomic E-state index is 0.162. The Kier molecular flexibility index (Phi) is 5.24. The summed E-state index contributed by atoms with van der Waals surface area (Å²) in [6.45, 7) is 1.98. The SMILES string of the molecule is Cc1ccccc1-c1nnc(SCC(=O)Nc2nc3ccc(Br)cc3s2)o1. The van der Waals surface area contributed by atoms with Crippen molar-refractivity contribution in [3.05, 3.63) is 52.5 Å². The fraction of sp³-hybridized carbons (Fsp3) is 0.111. The summed E-state index contributed by atoms with van der Waals surface area (Å²) in [5.74, 6) is 0.441. The summed E-state index contributed by atoms with van der Waals surface area (Å²) in [6, 6.07) is 13.6. The van der Waals surface area contributed by atoms with E-state index < -0.39 is 0 Å². The Balaban J connectivity index is 1.38. The highest BCUT2D eigenvalue weighted by Gasteiger charge is 2.14. The van der Waals surface area contributed by atoms with Crippen molar-refractivity contribution in [3.8, 4) is 11.5 Å². The van der Waals surface area contributed by atoms with Gasteiger partial charge in [-0.05, 0) is 36.8 Å². The van der Waals surface area contributed by atoms with E-state index in [1.165, 1.54) is 23.1 Å². The summed E-state index contributed by atoms with van der Waals surface area (Å²) in [5, 5.41) is 11.8. The van der Waals surface area contributed by atoms with Gasteiger partial charge in [0.05, 0.1) is 16.0 Å². The third kappa shape index (κ3) is 4.20. The Morgan fingerprint density at radius 2 is 2.11 bits per heavy atom. The number of aromatic nitrogens is 3. The van der Waals surface area contributed by atoms with Gasteiger partial charge in [0.1, 0.15) is 0 Å². The highest BCUT2D eigenvalue weighted by molar-refractivity contribution is 9.10. The molecule has 0 aliphatic heterocycles. The Bertz CT molecular complexity index is 1130. The Hall–Kier alpha value is -2.23. The highest BCUT2D eigenvalue weighted by Crippen LogP contribution is 2.29. The molecule has 27 heavy (non-hydrogen) atoms. The van der Waals surface area contributed by atoms with Gasteiger partial charge >= 0.3 is 0 Å². The number of thioether (sulfide) groups is 1. The summed E-state index contributed by atoms with van der Waals surface area (Å²) >= 11 is 6.06. The van der Waals surface area contributed by atoms with Crippen molar-refractivity contribution >= 4 is 60.3 Å². The maximum absolute atomic E-state index is 12.2. The molecule has 0 fully saturated rings. The van der Waals surface area contributed by atoms with Crippen molar-refractivity contribution in [1.82, 2.24) is 15.2 Å². The van der Waals surface area contributed by atoms with E-state index in [2.05, 4.69) is 36.4 Å². The second-order valence-corrected chi connectivity index (χ2v) is 8.53. The lowest BCUT2D eigenvalue weighted by Gasteiger charge is -1.99. The van der Waals surface area contributed by atoms with Gasteiger partial charge in [0, 0.05) is 10.0 Å². The lowest BCUT2D eigenvalue weighted by molar-refractivity contribution is -0.113. The number of rotatable bonds is 5. The molecule has 2 aromatic carbocycles. The number of anilines is 1. The molecule has 2 aromatic heterocycles. The maximum atomic E-state index is 12.2. The van der Waals surface area contributed by atoms with Gasteiger partial charge in [0.2, 0.25) is 11.8 Å². The average molecular weight is 461 g/mol. The van der Waals surface area contributed by atoms with Crippen molar-refractivity contribution in [2.45, 2.75) is 12.1 Å². The number of benzene rings is 2. The van der Waals surface area contributed by atoms with Crippen molar-refractivity contribution in [3.63, 3.8) is 0 Å². The molecule has 0 saturated carbocycles. The molecule has 0 unspecified atom stereocenters. The first-order valence-corrected chi connectivity index (χ1v) is 10.6. The Morgan fingerprint density at radius 3 is 2.96 bits per heavy atom. The molecule has 6 nitrogen and oxygen atoms in total. The van der Waals surface area contributed by atoms with Crippen LogP contribution in [0.5, 0.6) is 0 Å². The molecule has 0 saturated heterocycles. The number of aryl methyl sites for hydroxylation is 1. The van der Waals surface area contributed by atoms with Crippen LogP contribution in [0.3, 0.4) is 0 Å².